The lowest BCUT2D eigenvalue weighted by Gasteiger charge is -2.37. The SMILES string of the molecule is COc1ccc(C(Nc2ncnc3c2ncn3CC(=O)N(CCNC(=O)OCC2c3ccccc3-c3ccccc32)CC(=O)O)(c2ccccc2)c2ccccc2)cc1. The van der Waals surface area contributed by atoms with Crippen molar-refractivity contribution in [1.82, 2.24) is 29.7 Å². The summed E-state index contributed by atoms with van der Waals surface area (Å²) in [5.74, 6) is -0.685. The van der Waals surface area contributed by atoms with Crippen molar-refractivity contribution in [2.75, 3.05) is 38.7 Å². The minimum Gasteiger partial charge on any atom is -0.497 e. The first-order valence-electron chi connectivity index (χ1n) is 19.1. The smallest absolute Gasteiger partial charge is 0.407 e. The van der Waals surface area contributed by atoms with E-state index in [0.717, 1.165) is 43.8 Å². The number of amides is 2. The molecule has 1 aliphatic rings. The molecule has 0 bridgehead atoms. The van der Waals surface area contributed by atoms with Gasteiger partial charge in [0, 0.05) is 19.0 Å². The largest absolute Gasteiger partial charge is 0.497 e. The third-order valence-corrected chi connectivity index (χ3v) is 10.6. The summed E-state index contributed by atoms with van der Waals surface area (Å²) in [6.45, 7) is -0.794. The van der Waals surface area contributed by atoms with E-state index in [9.17, 15) is 19.5 Å². The summed E-state index contributed by atoms with van der Waals surface area (Å²) in [6, 6.07) is 43.9. The second kappa shape index (κ2) is 16.9. The molecule has 0 saturated heterocycles. The zero-order valence-corrected chi connectivity index (χ0v) is 32.2. The number of carboxylic acid groups (broad SMARTS) is 1. The number of fused-ring (bicyclic) bond motifs is 4. The highest BCUT2D eigenvalue weighted by atomic mass is 16.5. The second-order valence-corrected chi connectivity index (χ2v) is 14.1. The zero-order chi connectivity index (χ0) is 40.8. The number of hydrogen-bond donors (Lipinski definition) is 3. The number of rotatable bonds is 15. The van der Waals surface area contributed by atoms with Gasteiger partial charge in [0.15, 0.2) is 11.5 Å². The van der Waals surface area contributed by atoms with Crippen LogP contribution in [0.2, 0.25) is 0 Å². The molecule has 0 aliphatic heterocycles. The summed E-state index contributed by atoms with van der Waals surface area (Å²) in [5.41, 5.74) is 7.02. The summed E-state index contributed by atoms with van der Waals surface area (Å²) in [4.78, 5) is 53.4. The summed E-state index contributed by atoms with van der Waals surface area (Å²) >= 11 is 0. The average molecular weight is 788 g/mol. The maximum atomic E-state index is 13.7. The van der Waals surface area contributed by atoms with E-state index in [1.807, 2.05) is 121 Å². The summed E-state index contributed by atoms with van der Waals surface area (Å²) in [7, 11) is 1.62. The van der Waals surface area contributed by atoms with Crippen molar-refractivity contribution in [2.24, 2.45) is 0 Å². The van der Waals surface area contributed by atoms with Crippen LogP contribution in [-0.4, -0.2) is 80.8 Å². The van der Waals surface area contributed by atoms with Crippen LogP contribution in [0.1, 0.15) is 33.7 Å². The molecule has 0 saturated carbocycles. The van der Waals surface area contributed by atoms with E-state index in [1.165, 1.54) is 12.7 Å². The van der Waals surface area contributed by atoms with Crippen LogP contribution in [0, 0.1) is 0 Å². The Balaban J connectivity index is 0.988. The van der Waals surface area contributed by atoms with Crippen LogP contribution in [0.4, 0.5) is 10.6 Å². The Morgan fingerprint density at radius 1 is 0.763 bits per heavy atom. The van der Waals surface area contributed by atoms with Crippen molar-refractivity contribution in [3.8, 4) is 16.9 Å². The summed E-state index contributed by atoms with van der Waals surface area (Å²) in [5, 5.41) is 16.1. The second-order valence-electron chi connectivity index (χ2n) is 14.1. The molecule has 3 N–H and O–H groups in total. The third kappa shape index (κ3) is 7.77. The predicted octanol–water partition coefficient (Wildman–Crippen LogP) is 6.69. The average Bonchev–Trinajstić information content (AvgIpc) is 3.84. The number of hydrogen-bond acceptors (Lipinski definition) is 9. The number of aromatic nitrogens is 4. The minimum atomic E-state index is -1.19. The molecular formula is C46H41N7O6. The molecule has 296 valence electrons. The molecular weight excluding hydrogens is 747 g/mol. The highest BCUT2D eigenvalue weighted by Gasteiger charge is 2.38. The van der Waals surface area contributed by atoms with Crippen LogP contribution < -0.4 is 15.4 Å². The van der Waals surface area contributed by atoms with Gasteiger partial charge in [0.1, 0.15) is 42.8 Å². The van der Waals surface area contributed by atoms with E-state index in [4.69, 9.17) is 9.47 Å². The first-order chi connectivity index (χ1) is 28.9. The molecule has 2 heterocycles. The third-order valence-electron chi connectivity index (χ3n) is 10.6. The van der Waals surface area contributed by atoms with E-state index >= 15 is 0 Å². The fourth-order valence-corrected chi connectivity index (χ4v) is 7.84. The first kappa shape index (κ1) is 38.3. The summed E-state index contributed by atoms with van der Waals surface area (Å²) in [6.07, 6.45) is 2.22. The lowest BCUT2D eigenvalue weighted by atomic mass is 9.77. The van der Waals surface area contributed by atoms with Gasteiger partial charge in [-0.25, -0.2) is 19.7 Å². The molecule has 1 aliphatic carbocycles. The van der Waals surface area contributed by atoms with E-state index in [2.05, 4.69) is 37.7 Å². The van der Waals surface area contributed by atoms with Crippen molar-refractivity contribution >= 4 is 35.0 Å². The van der Waals surface area contributed by atoms with Gasteiger partial charge in [-0.2, -0.15) is 0 Å². The van der Waals surface area contributed by atoms with Crippen LogP contribution in [0.15, 0.2) is 146 Å². The van der Waals surface area contributed by atoms with Gasteiger partial charge >= 0.3 is 12.1 Å². The Morgan fingerprint density at radius 2 is 1.36 bits per heavy atom. The maximum Gasteiger partial charge on any atom is 0.407 e. The van der Waals surface area contributed by atoms with Crippen molar-refractivity contribution in [3.05, 3.63) is 174 Å². The number of nitrogens with zero attached hydrogens (tertiary/aromatic N) is 5. The molecule has 7 aromatic rings. The molecule has 8 rings (SSSR count). The normalized spacial score (nSPS) is 12.0. The van der Waals surface area contributed by atoms with Gasteiger partial charge in [-0.3, -0.25) is 9.59 Å². The number of nitrogens with one attached hydrogen (secondary N) is 2. The number of anilines is 1. The number of ether oxygens (including phenoxy) is 2. The molecule has 5 aromatic carbocycles. The van der Waals surface area contributed by atoms with Crippen LogP contribution in [-0.2, 0) is 26.4 Å². The fourth-order valence-electron chi connectivity index (χ4n) is 7.84. The fraction of sp³-hybridized carbons (Fsp3) is 0.174. The van der Waals surface area contributed by atoms with E-state index in [0.29, 0.717) is 22.7 Å². The molecule has 0 fully saturated rings. The summed E-state index contributed by atoms with van der Waals surface area (Å²) < 4.78 is 12.7. The Morgan fingerprint density at radius 3 is 1.97 bits per heavy atom. The van der Waals surface area contributed by atoms with Gasteiger partial charge in [0.2, 0.25) is 5.91 Å². The van der Waals surface area contributed by atoms with E-state index in [-0.39, 0.29) is 32.2 Å². The molecule has 13 heteroatoms. The van der Waals surface area contributed by atoms with Crippen LogP contribution in [0.5, 0.6) is 5.75 Å². The number of carboxylic acids is 1. The van der Waals surface area contributed by atoms with Gasteiger partial charge in [0.05, 0.1) is 13.4 Å². The Kier molecular flexibility index (Phi) is 11.0. The Labute approximate surface area is 340 Å². The van der Waals surface area contributed by atoms with Crippen LogP contribution >= 0.6 is 0 Å². The van der Waals surface area contributed by atoms with Gasteiger partial charge in [0.25, 0.3) is 0 Å². The highest BCUT2D eigenvalue weighted by molar-refractivity contribution is 5.87. The number of benzene rings is 5. The number of imidazole rings is 1. The van der Waals surface area contributed by atoms with Gasteiger partial charge in [-0.15, -0.1) is 0 Å². The van der Waals surface area contributed by atoms with Gasteiger partial charge in [-0.05, 0) is 51.1 Å². The zero-order valence-electron chi connectivity index (χ0n) is 32.2. The van der Waals surface area contributed by atoms with Crippen molar-refractivity contribution < 1.29 is 29.0 Å². The van der Waals surface area contributed by atoms with E-state index < -0.39 is 30.1 Å². The predicted molar refractivity (Wildman–Crippen MR) is 222 cm³/mol. The molecule has 2 amide bonds. The molecule has 13 nitrogen and oxygen atoms in total. The minimum absolute atomic E-state index is 0.0248. The number of carbonyl (C=O) groups excluding carboxylic acids is 2. The topological polar surface area (TPSA) is 161 Å². The Hall–Kier alpha value is -7.54. The molecule has 59 heavy (non-hydrogen) atoms. The molecule has 0 spiro atoms. The quantitative estimate of drug-likeness (QED) is 0.0956. The molecule has 0 atom stereocenters. The van der Waals surface area contributed by atoms with Crippen LogP contribution in [0.3, 0.4) is 0 Å². The van der Waals surface area contributed by atoms with Crippen LogP contribution in [0.25, 0.3) is 22.3 Å². The highest BCUT2D eigenvalue weighted by Crippen LogP contribution is 2.45. The van der Waals surface area contributed by atoms with E-state index in [1.54, 1.807) is 11.7 Å². The number of carbonyl (C=O) groups is 3. The first-order valence-corrected chi connectivity index (χ1v) is 19.1. The lowest BCUT2D eigenvalue weighted by Crippen LogP contribution is -2.42. The number of aliphatic carboxylic acids is 1. The molecule has 0 radical (unpaired) electrons. The lowest BCUT2D eigenvalue weighted by molar-refractivity contribution is -0.144. The van der Waals surface area contributed by atoms with Gasteiger partial charge < -0.3 is 34.7 Å². The maximum absolute atomic E-state index is 13.7. The van der Waals surface area contributed by atoms with Gasteiger partial charge in [-0.1, -0.05) is 121 Å². The van der Waals surface area contributed by atoms with Crippen molar-refractivity contribution in [3.63, 3.8) is 0 Å². The number of methoxy groups -OCH3 is 1. The molecule has 0 unspecified atom stereocenters. The Bertz CT molecular complexity index is 2510. The van der Waals surface area contributed by atoms with Crippen molar-refractivity contribution in [1.29, 1.82) is 0 Å². The standard InChI is InChI=1S/C46H41N7O6/c1-58-34-22-20-33(21-23-34)46(31-12-4-2-5-13-31,32-14-6-3-7-15-32)51-43-42-44(49-29-48-43)53(30-50-42)26-40(54)52(27-41(55)56)25-24-47-45(57)59-28-39-37-18-10-8-16-35(37)36-17-9-11-19-38(36)39/h2-23,29-30,39H,24-28H2,1H3,(H,47,57)(H,55,56)(H,48,49,51). The monoisotopic (exact) mass is 787 g/mol. The van der Waals surface area contributed by atoms with Crippen molar-refractivity contribution in [2.45, 2.75) is 18.0 Å². The number of alkyl carbamates (subject to hydrolysis) is 1. The molecule has 2 aromatic heterocycles.